The lowest BCUT2D eigenvalue weighted by Gasteiger charge is -2.33. The Bertz CT molecular complexity index is 1310. The molecule has 0 saturated carbocycles. The van der Waals surface area contributed by atoms with Crippen LogP contribution >= 0.6 is 0 Å². The molecule has 0 unspecified atom stereocenters. The second-order valence-electron chi connectivity index (χ2n) is 7.50. The number of H-pyrrole nitrogens is 1. The summed E-state index contributed by atoms with van der Waals surface area (Å²) in [7, 11) is 0. The maximum absolute atomic E-state index is 14.5. The zero-order chi connectivity index (χ0) is 22.7. The molecule has 4 rings (SSSR count). The molecular formula is C24H21FN4O3. The molecule has 1 aliphatic heterocycles. The third-order valence-corrected chi connectivity index (χ3v) is 5.49. The molecule has 2 amide bonds. The fraction of sp³-hybridized carbons (Fsp3) is 0.250. The third-order valence-electron chi connectivity index (χ3n) is 5.49. The Balaban J connectivity index is 1.54. The monoisotopic (exact) mass is 432 g/mol. The van der Waals surface area contributed by atoms with Gasteiger partial charge in [-0.15, -0.1) is 0 Å². The highest BCUT2D eigenvalue weighted by atomic mass is 19.1. The van der Waals surface area contributed by atoms with Crippen LogP contribution in [0.2, 0.25) is 0 Å². The molecule has 1 aliphatic rings. The second kappa shape index (κ2) is 9.02. The molecule has 0 bridgehead atoms. The van der Waals surface area contributed by atoms with Crippen LogP contribution in [0.1, 0.15) is 28.5 Å². The molecule has 32 heavy (non-hydrogen) atoms. The molecular weight excluding hydrogens is 411 g/mol. The topological polar surface area (TPSA) is 86.4 Å². The Labute approximate surface area is 183 Å². The van der Waals surface area contributed by atoms with Gasteiger partial charge in [-0.1, -0.05) is 30.2 Å². The summed E-state index contributed by atoms with van der Waals surface area (Å²) in [6, 6.07) is 11.5. The van der Waals surface area contributed by atoms with E-state index in [-0.39, 0.29) is 17.0 Å². The summed E-state index contributed by atoms with van der Waals surface area (Å²) in [5.41, 5.74) is 1.03. The summed E-state index contributed by atoms with van der Waals surface area (Å²) < 4.78 is 14.5. The second-order valence-corrected chi connectivity index (χ2v) is 7.50. The van der Waals surface area contributed by atoms with Crippen molar-refractivity contribution in [3.8, 4) is 11.8 Å². The lowest BCUT2D eigenvalue weighted by Crippen LogP contribution is -2.50. The van der Waals surface area contributed by atoms with Gasteiger partial charge in [0.05, 0.1) is 16.6 Å². The van der Waals surface area contributed by atoms with Crippen molar-refractivity contribution in [2.24, 2.45) is 0 Å². The summed E-state index contributed by atoms with van der Waals surface area (Å²) >= 11 is 0. The van der Waals surface area contributed by atoms with Crippen LogP contribution in [-0.4, -0.2) is 58.0 Å². The van der Waals surface area contributed by atoms with Gasteiger partial charge in [-0.05, 0) is 36.6 Å². The molecule has 2 heterocycles. The van der Waals surface area contributed by atoms with Gasteiger partial charge in [0.15, 0.2) is 0 Å². The SMILES string of the molecule is CC#CC(=O)N1CCN(C(=O)c2cc(Cc3n[nH]c(=O)c4ccccc34)ccc2F)CC1. The molecule has 0 spiro atoms. The Morgan fingerprint density at radius 1 is 1.06 bits per heavy atom. The Morgan fingerprint density at radius 2 is 1.75 bits per heavy atom. The molecule has 2 aromatic carbocycles. The minimum atomic E-state index is -0.603. The summed E-state index contributed by atoms with van der Waals surface area (Å²) in [4.78, 5) is 40.0. The van der Waals surface area contributed by atoms with Crippen LogP contribution in [0.5, 0.6) is 0 Å². The van der Waals surface area contributed by atoms with Crippen molar-refractivity contribution in [1.82, 2.24) is 20.0 Å². The lowest BCUT2D eigenvalue weighted by molar-refractivity contribution is -0.126. The van der Waals surface area contributed by atoms with E-state index in [1.54, 1.807) is 34.9 Å². The van der Waals surface area contributed by atoms with Gasteiger partial charge in [0, 0.05) is 38.0 Å². The van der Waals surface area contributed by atoms with E-state index >= 15 is 0 Å². The number of nitrogens with one attached hydrogen (secondary N) is 1. The van der Waals surface area contributed by atoms with E-state index in [1.807, 2.05) is 12.1 Å². The highest BCUT2D eigenvalue weighted by Crippen LogP contribution is 2.20. The molecule has 7 nitrogen and oxygen atoms in total. The van der Waals surface area contributed by atoms with Crippen molar-refractivity contribution in [2.75, 3.05) is 26.2 Å². The van der Waals surface area contributed by atoms with Crippen molar-refractivity contribution >= 4 is 22.6 Å². The number of fused-ring (bicyclic) bond motifs is 1. The molecule has 1 saturated heterocycles. The first-order chi connectivity index (χ1) is 15.5. The third kappa shape index (κ3) is 4.23. The minimum Gasteiger partial charge on any atom is -0.335 e. The van der Waals surface area contributed by atoms with Crippen LogP contribution in [0.3, 0.4) is 0 Å². The first-order valence-corrected chi connectivity index (χ1v) is 10.2. The van der Waals surface area contributed by atoms with Gasteiger partial charge < -0.3 is 9.80 Å². The highest BCUT2D eigenvalue weighted by Gasteiger charge is 2.26. The summed E-state index contributed by atoms with van der Waals surface area (Å²) in [6.07, 6.45) is 0.329. The molecule has 0 atom stereocenters. The number of aromatic amines is 1. The number of carbonyl (C=O) groups is 2. The van der Waals surface area contributed by atoms with Crippen LogP contribution in [-0.2, 0) is 11.2 Å². The fourth-order valence-electron chi connectivity index (χ4n) is 3.81. The minimum absolute atomic E-state index is 0.0237. The Morgan fingerprint density at radius 3 is 2.47 bits per heavy atom. The van der Waals surface area contributed by atoms with Crippen molar-refractivity contribution in [2.45, 2.75) is 13.3 Å². The van der Waals surface area contributed by atoms with Gasteiger partial charge in [0.25, 0.3) is 17.4 Å². The van der Waals surface area contributed by atoms with Gasteiger partial charge >= 0.3 is 0 Å². The van der Waals surface area contributed by atoms with Gasteiger partial charge in [0.1, 0.15) is 5.82 Å². The van der Waals surface area contributed by atoms with Crippen LogP contribution in [0, 0.1) is 17.7 Å². The van der Waals surface area contributed by atoms with Crippen LogP contribution < -0.4 is 5.56 Å². The number of halogens is 1. The molecule has 8 heteroatoms. The van der Waals surface area contributed by atoms with E-state index in [1.165, 1.54) is 12.1 Å². The molecule has 1 N–H and O–H groups in total. The number of aromatic nitrogens is 2. The summed E-state index contributed by atoms with van der Waals surface area (Å²) in [5, 5.41) is 7.88. The standard InChI is InChI=1S/C24H21FN4O3/c1-2-5-22(30)28-10-12-29(13-11-28)24(32)19-14-16(8-9-20(19)25)15-21-17-6-3-4-7-18(17)23(31)27-26-21/h3-4,6-9,14H,10-13,15H2,1H3,(H,27,31). The van der Waals surface area contributed by atoms with Gasteiger partial charge in [-0.2, -0.15) is 5.10 Å². The maximum Gasteiger partial charge on any atom is 0.298 e. The van der Waals surface area contributed by atoms with Crippen molar-refractivity contribution in [3.05, 3.63) is 75.5 Å². The number of benzene rings is 2. The number of rotatable bonds is 3. The molecule has 0 radical (unpaired) electrons. The average Bonchev–Trinajstić information content (AvgIpc) is 2.82. The van der Waals surface area contributed by atoms with Crippen LogP contribution in [0.25, 0.3) is 10.8 Å². The molecule has 1 aromatic heterocycles. The van der Waals surface area contributed by atoms with E-state index < -0.39 is 11.7 Å². The zero-order valence-corrected chi connectivity index (χ0v) is 17.5. The van der Waals surface area contributed by atoms with Crippen LogP contribution in [0.15, 0.2) is 47.3 Å². The smallest absolute Gasteiger partial charge is 0.298 e. The number of amides is 2. The quantitative estimate of drug-likeness (QED) is 0.641. The number of piperazine rings is 1. The zero-order valence-electron chi connectivity index (χ0n) is 17.5. The van der Waals surface area contributed by atoms with Gasteiger partial charge in [-0.3, -0.25) is 14.4 Å². The first kappa shape index (κ1) is 21.2. The highest BCUT2D eigenvalue weighted by molar-refractivity contribution is 5.96. The molecule has 3 aromatic rings. The van der Waals surface area contributed by atoms with Gasteiger partial charge in [0.2, 0.25) is 0 Å². The predicted molar refractivity (Wildman–Crippen MR) is 118 cm³/mol. The number of hydrogen-bond acceptors (Lipinski definition) is 4. The van der Waals surface area contributed by atoms with Gasteiger partial charge in [-0.25, -0.2) is 9.49 Å². The van der Waals surface area contributed by atoms with Crippen molar-refractivity contribution < 1.29 is 14.0 Å². The molecule has 1 fully saturated rings. The number of hydrogen-bond donors (Lipinski definition) is 1. The average molecular weight is 432 g/mol. The lowest BCUT2D eigenvalue weighted by atomic mass is 10.0. The predicted octanol–water partition coefficient (Wildman–Crippen LogP) is 1.96. The largest absolute Gasteiger partial charge is 0.335 e. The molecule has 0 aliphatic carbocycles. The van der Waals surface area contributed by atoms with E-state index in [2.05, 4.69) is 22.0 Å². The maximum atomic E-state index is 14.5. The summed E-state index contributed by atoms with van der Waals surface area (Å²) in [6.45, 7) is 2.93. The molecule has 162 valence electrons. The fourth-order valence-corrected chi connectivity index (χ4v) is 3.81. The van der Waals surface area contributed by atoms with E-state index in [0.29, 0.717) is 54.6 Å². The Hall–Kier alpha value is -3.99. The van der Waals surface area contributed by atoms with Crippen molar-refractivity contribution in [1.29, 1.82) is 0 Å². The number of nitrogens with zero attached hydrogens (tertiary/aromatic N) is 3. The van der Waals surface area contributed by atoms with E-state index in [0.717, 1.165) is 0 Å². The Kier molecular flexibility index (Phi) is 5.99. The first-order valence-electron chi connectivity index (χ1n) is 10.2. The number of carbonyl (C=O) groups excluding carboxylic acids is 2. The van der Waals surface area contributed by atoms with Crippen LogP contribution in [0.4, 0.5) is 4.39 Å². The van der Waals surface area contributed by atoms with E-state index in [9.17, 15) is 18.8 Å². The normalized spacial score (nSPS) is 13.6. The van der Waals surface area contributed by atoms with Crippen molar-refractivity contribution in [3.63, 3.8) is 0 Å². The van der Waals surface area contributed by atoms with E-state index in [4.69, 9.17) is 0 Å². The summed E-state index contributed by atoms with van der Waals surface area (Å²) in [5.74, 6) is 3.78.